The van der Waals surface area contributed by atoms with E-state index in [1.165, 1.54) is 16.8 Å². The number of hydrogen-bond acceptors (Lipinski definition) is 7. The molecule has 4 heterocycles. The minimum Gasteiger partial charge on any atom is -0.497 e. The molecule has 0 aliphatic carbocycles. The Morgan fingerprint density at radius 3 is 2.81 bits per heavy atom. The van der Waals surface area contributed by atoms with Gasteiger partial charge in [0, 0.05) is 12.6 Å². The summed E-state index contributed by atoms with van der Waals surface area (Å²) in [4.78, 5) is 13.1. The van der Waals surface area contributed by atoms with Gasteiger partial charge in [-0.3, -0.25) is 9.20 Å². The van der Waals surface area contributed by atoms with Crippen molar-refractivity contribution in [2.45, 2.75) is 17.6 Å². The van der Waals surface area contributed by atoms with Crippen LogP contribution in [0.1, 0.15) is 23.8 Å². The number of rotatable bonds is 6. The molecule has 8 nitrogen and oxygen atoms in total. The highest BCUT2D eigenvalue weighted by atomic mass is 32.2. The SMILES string of the molecule is COc1ccc(C2=NN(C(=O)CSc3nnc4ccccn34)[C@H](c3ccco3)C2)cc1. The number of methoxy groups -OCH3 is 1. The molecular weight excluding hydrogens is 414 g/mol. The first-order valence-corrected chi connectivity index (χ1v) is 10.7. The number of fused-ring (bicyclic) bond motifs is 1. The molecule has 9 heteroatoms. The second-order valence-electron chi connectivity index (χ2n) is 6.95. The number of carbonyl (C=O) groups excluding carboxylic acids is 1. The van der Waals surface area contributed by atoms with Crippen LogP contribution >= 0.6 is 11.8 Å². The van der Waals surface area contributed by atoms with Gasteiger partial charge in [-0.25, -0.2) is 5.01 Å². The molecule has 5 rings (SSSR count). The van der Waals surface area contributed by atoms with Gasteiger partial charge in [-0.1, -0.05) is 17.8 Å². The molecule has 4 aromatic rings. The summed E-state index contributed by atoms with van der Waals surface area (Å²) >= 11 is 1.33. The highest BCUT2D eigenvalue weighted by molar-refractivity contribution is 7.99. The lowest BCUT2D eigenvalue weighted by Crippen LogP contribution is -2.28. The summed E-state index contributed by atoms with van der Waals surface area (Å²) in [6.07, 6.45) is 4.06. The zero-order valence-corrected chi connectivity index (χ0v) is 17.5. The van der Waals surface area contributed by atoms with Crippen molar-refractivity contribution >= 4 is 29.0 Å². The van der Waals surface area contributed by atoms with E-state index in [0.29, 0.717) is 17.3 Å². The van der Waals surface area contributed by atoms with Crippen LogP contribution in [0.3, 0.4) is 0 Å². The average molecular weight is 433 g/mol. The van der Waals surface area contributed by atoms with E-state index in [0.717, 1.165) is 22.7 Å². The Morgan fingerprint density at radius 1 is 1.16 bits per heavy atom. The maximum Gasteiger partial charge on any atom is 0.253 e. The fourth-order valence-corrected chi connectivity index (χ4v) is 4.29. The highest BCUT2D eigenvalue weighted by Gasteiger charge is 2.34. The summed E-state index contributed by atoms with van der Waals surface area (Å²) in [5, 5.41) is 15.2. The number of furan rings is 1. The maximum atomic E-state index is 13.1. The molecule has 1 amide bonds. The lowest BCUT2D eigenvalue weighted by Gasteiger charge is -2.19. The minimum atomic E-state index is -0.282. The number of pyridine rings is 1. The molecule has 1 aromatic carbocycles. The second kappa shape index (κ2) is 8.27. The third-order valence-electron chi connectivity index (χ3n) is 5.07. The summed E-state index contributed by atoms with van der Waals surface area (Å²) in [6, 6.07) is 16.7. The van der Waals surface area contributed by atoms with Gasteiger partial charge in [-0.2, -0.15) is 5.10 Å². The monoisotopic (exact) mass is 433 g/mol. The van der Waals surface area contributed by atoms with E-state index in [1.807, 2.05) is 65.2 Å². The topological polar surface area (TPSA) is 85.2 Å². The van der Waals surface area contributed by atoms with Crippen molar-refractivity contribution in [3.8, 4) is 5.75 Å². The lowest BCUT2D eigenvalue weighted by atomic mass is 10.0. The highest BCUT2D eigenvalue weighted by Crippen LogP contribution is 2.34. The summed E-state index contributed by atoms with van der Waals surface area (Å²) in [6.45, 7) is 0. The van der Waals surface area contributed by atoms with Crippen molar-refractivity contribution < 1.29 is 13.9 Å². The molecule has 0 unspecified atom stereocenters. The number of benzene rings is 1. The van der Waals surface area contributed by atoms with E-state index in [-0.39, 0.29) is 17.7 Å². The first-order valence-electron chi connectivity index (χ1n) is 9.73. The maximum absolute atomic E-state index is 13.1. The van der Waals surface area contributed by atoms with Crippen molar-refractivity contribution in [3.63, 3.8) is 0 Å². The smallest absolute Gasteiger partial charge is 0.253 e. The van der Waals surface area contributed by atoms with Crippen LogP contribution in [0.5, 0.6) is 5.75 Å². The third-order valence-corrected chi connectivity index (χ3v) is 6.00. The number of nitrogens with zero attached hydrogens (tertiary/aromatic N) is 5. The van der Waals surface area contributed by atoms with E-state index in [9.17, 15) is 4.79 Å². The number of aromatic nitrogens is 3. The summed E-state index contributed by atoms with van der Waals surface area (Å²) in [5.41, 5.74) is 2.52. The van der Waals surface area contributed by atoms with E-state index < -0.39 is 0 Å². The average Bonchev–Trinajstić information content (AvgIpc) is 3.57. The summed E-state index contributed by atoms with van der Waals surface area (Å²) in [5.74, 6) is 1.54. The summed E-state index contributed by atoms with van der Waals surface area (Å²) in [7, 11) is 1.63. The van der Waals surface area contributed by atoms with Crippen LogP contribution in [-0.4, -0.2) is 44.1 Å². The predicted octanol–water partition coefficient (Wildman–Crippen LogP) is 3.80. The molecule has 0 radical (unpaired) electrons. The fourth-order valence-electron chi connectivity index (χ4n) is 3.51. The Kier molecular flexibility index (Phi) is 5.17. The molecule has 0 spiro atoms. The van der Waals surface area contributed by atoms with Crippen LogP contribution < -0.4 is 4.74 Å². The quantitative estimate of drug-likeness (QED) is 0.430. The van der Waals surface area contributed by atoms with Crippen molar-refractivity contribution in [1.82, 2.24) is 19.6 Å². The largest absolute Gasteiger partial charge is 0.497 e. The molecule has 1 aliphatic rings. The van der Waals surface area contributed by atoms with Crippen LogP contribution in [0.25, 0.3) is 5.65 Å². The van der Waals surface area contributed by atoms with Crippen molar-refractivity contribution in [2.24, 2.45) is 5.10 Å². The molecule has 0 N–H and O–H groups in total. The van der Waals surface area contributed by atoms with Gasteiger partial charge in [0.05, 0.1) is 24.8 Å². The Morgan fingerprint density at radius 2 is 2.03 bits per heavy atom. The predicted molar refractivity (Wildman–Crippen MR) is 116 cm³/mol. The van der Waals surface area contributed by atoms with Gasteiger partial charge in [0.15, 0.2) is 10.8 Å². The first kappa shape index (κ1) is 19.4. The molecule has 0 bridgehead atoms. The van der Waals surface area contributed by atoms with E-state index in [2.05, 4.69) is 15.3 Å². The fraction of sp³-hybridized carbons (Fsp3) is 0.182. The van der Waals surface area contributed by atoms with Crippen LogP contribution in [-0.2, 0) is 4.79 Å². The summed E-state index contributed by atoms with van der Waals surface area (Å²) < 4.78 is 12.7. The van der Waals surface area contributed by atoms with Crippen LogP contribution in [0, 0.1) is 0 Å². The second-order valence-corrected chi connectivity index (χ2v) is 7.89. The van der Waals surface area contributed by atoms with Gasteiger partial charge >= 0.3 is 0 Å². The number of thioether (sulfide) groups is 1. The molecule has 31 heavy (non-hydrogen) atoms. The first-order chi connectivity index (χ1) is 15.2. The Balaban J connectivity index is 1.38. The van der Waals surface area contributed by atoms with Crippen molar-refractivity contribution in [3.05, 3.63) is 78.4 Å². The number of ether oxygens (including phenoxy) is 1. The Labute approximate surface area is 182 Å². The molecule has 0 fully saturated rings. The third kappa shape index (κ3) is 3.79. The molecule has 1 aliphatic heterocycles. The standard InChI is InChI=1S/C22H19N5O3S/c1-29-16-9-7-15(8-10-16)17-13-18(19-5-4-12-30-19)27(25-17)21(28)14-31-22-24-23-20-6-2-3-11-26(20)22/h2-12,18H,13-14H2,1H3/t18-/m0/s1. The van der Waals surface area contributed by atoms with E-state index in [4.69, 9.17) is 9.15 Å². The van der Waals surface area contributed by atoms with Crippen molar-refractivity contribution in [2.75, 3.05) is 12.9 Å². The molecular formula is C22H19N5O3S. The van der Waals surface area contributed by atoms with Gasteiger partial charge in [0.1, 0.15) is 17.6 Å². The molecule has 0 saturated heterocycles. The van der Waals surface area contributed by atoms with Crippen LogP contribution in [0.15, 0.2) is 81.7 Å². The van der Waals surface area contributed by atoms with E-state index in [1.54, 1.807) is 13.4 Å². The Bertz CT molecular complexity index is 1230. The lowest BCUT2D eigenvalue weighted by molar-refractivity contribution is -0.130. The molecule has 1 atom stereocenters. The van der Waals surface area contributed by atoms with Gasteiger partial charge in [-0.05, 0) is 54.1 Å². The molecule has 0 saturated carbocycles. The normalized spacial score (nSPS) is 16.0. The van der Waals surface area contributed by atoms with E-state index >= 15 is 0 Å². The van der Waals surface area contributed by atoms with Gasteiger partial charge in [-0.15, -0.1) is 10.2 Å². The minimum absolute atomic E-state index is 0.123. The molecule has 3 aromatic heterocycles. The Hall–Kier alpha value is -3.59. The van der Waals surface area contributed by atoms with Crippen LogP contribution in [0.2, 0.25) is 0 Å². The number of hydrogen-bond donors (Lipinski definition) is 0. The van der Waals surface area contributed by atoms with Gasteiger partial charge < -0.3 is 9.15 Å². The zero-order chi connectivity index (χ0) is 21.2. The number of hydrazone groups is 1. The van der Waals surface area contributed by atoms with Gasteiger partial charge in [0.25, 0.3) is 5.91 Å². The van der Waals surface area contributed by atoms with Gasteiger partial charge in [0.2, 0.25) is 0 Å². The van der Waals surface area contributed by atoms with Crippen LogP contribution in [0.4, 0.5) is 0 Å². The number of carbonyl (C=O) groups is 1. The van der Waals surface area contributed by atoms with Crippen molar-refractivity contribution in [1.29, 1.82) is 0 Å². The number of amides is 1. The molecule has 156 valence electrons. The zero-order valence-electron chi connectivity index (χ0n) is 16.7.